The molecule has 0 aliphatic heterocycles. The molecule has 0 unspecified atom stereocenters. The van der Waals surface area contributed by atoms with E-state index >= 15 is 0 Å². The summed E-state index contributed by atoms with van der Waals surface area (Å²) in [4.78, 5) is 30.3. The van der Waals surface area contributed by atoms with Crippen LogP contribution in [0.5, 0.6) is 11.6 Å². The largest absolute Gasteiger partial charge is 0.438 e. The van der Waals surface area contributed by atoms with Gasteiger partial charge in [-0.2, -0.15) is 10.2 Å². The topological polar surface area (TPSA) is 96.5 Å². The molecule has 0 atom stereocenters. The molecule has 1 aromatic carbocycles. The summed E-state index contributed by atoms with van der Waals surface area (Å²) in [6.07, 6.45) is 6.76. The molecule has 0 saturated heterocycles. The van der Waals surface area contributed by atoms with Gasteiger partial charge in [0.15, 0.2) is 0 Å². The minimum absolute atomic E-state index is 0.0464. The fraction of sp³-hybridized carbons (Fsp3) is 0.250. The lowest BCUT2D eigenvalue weighted by atomic mass is 10.1. The molecule has 7 heteroatoms. The van der Waals surface area contributed by atoms with E-state index < -0.39 is 11.5 Å². The second kappa shape index (κ2) is 8.84. The number of carbonyl (C=O) groups is 1. The van der Waals surface area contributed by atoms with E-state index in [9.17, 15) is 14.9 Å². The van der Waals surface area contributed by atoms with Crippen LogP contribution in [0.15, 0.2) is 59.0 Å². The number of nitriles is 1. The normalized spacial score (nSPS) is 14.4. The molecule has 1 amide bonds. The van der Waals surface area contributed by atoms with Crippen LogP contribution in [0.25, 0.3) is 11.7 Å². The molecule has 0 spiro atoms. The number of nitrogens with zero attached hydrogens (tertiary/aromatic N) is 3. The maximum absolute atomic E-state index is 13.2. The van der Waals surface area contributed by atoms with Crippen molar-refractivity contribution >= 4 is 17.6 Å². The smallest absolute Gasteiger partial charge is 0.269 e. The maximum atomic E-state index is 13.2. The van der Waals surface area contributed by atoms with Crippen LogP contribution in [0.1, 0.15) is 36.8 Å². The third-order valence-corrected chi connectivity index (χ3v) is 5.38. The van der Waals surface area contributed by atoms with Crippen LogP contribution >= 0.6 is 0 Å². The highest BCUT2D eigenvalue weighted by Crippen LogP contribution is 2.26. The monoisotopic (exact) mass is 414 g/mol. The van der Waals surface area contributed by atoms with Gasteiger partial charge in [0.25, 0.3) is 11.5 Å². The van der Waals surface area contributed by atoms with Crippen LogP contribution in [0.2, 0.25) is 0 Å². The molecule has 7 nitrogen and oxygen atoms in total. The number of nitrogens with one attached hydrogen (secondary N) is 1. The fourth-order valence-electron chi connectivity index (χ4n) is 3.69. The second-order valence-electron chi connectivity index (χ2n) is 7.56. The SMILES string of the molecule is Cc1ccccc1Oc1nc2ccccn2c(=O)c1/C=C(\C#N)C(=O)NC1CCCC1. The summed E-state index contributed by atoms with van der Waals surface area (Å²) in [5, 5.41) is 12.5. The third-order valence-electron chi connectivity index (χ3n) is 5.38. The molecular weight excluding hydrogens is 392 g/mol. The van der Waals surface area contributed by atoms with Gasteiger partial charge >= 0.3 is 0 Å². The Morgan fingerprint density at radius 2 is 1.97 bits per heavy atom. The van der Waals surface area contributed by atoms with E-state index in [2.05, 4.69) is 10.3 Å². The maximum Gasteiger partial charge on any atom is 0.269 e. The van der Waals surface area contributed by atoms with Crippen molar-refractivity contribution in [3.8, 4) is 17.7 Å². The van der Waals surface area contributed by atoms with E-state index in [1.165, 1.54) is 10.5 Å². The van der Waals surface area contributed by atoms with Crippen molar-refractivity contribution in [1.29, 1.82) is 5.26 Å². The number of aromatic nitrogens is 2. The molecule has 1 N–H and O–H groups in total. The number of carbonyl (C=O) groups excluding carboxylic acids is 1. The van der Waals surface area contributed by atoms with E-state index in [1.54, 1.807) is 30.5 Å². The Bertz CT molecular complexity index is 1260. The summed E-state index contributed by atoms with van der Waals surface area (Å²) < 4.78 is 7.34. The molecule has 4 rings (SSSR count). The van der Waals surface area contributed by atoms with Gasteiger partial charge in [-0.15, -0.1) is 0 Å². The van der Waals surface area contributed by atoms with Crippen molar-refractivity contribution in [2.75, 3.05) is 0 Å². The zero-order valence-corrected chi connectivity index (χ0v) is 17.2. The van der Waals surface area contributed by atoms with E-state index in [4.69, 9.17) is 4.74 Å². The van der Waals surface area contributed by atoms with Crippen LogP contribution in [0, 0.1) is 18.3 Å². The van der Waals surface area contributed by atoms with Gasteiger partial charge < -0.3 is 10.1 Å². The Labute approximate surface area is 179 Å². The number of aryl methyl sites for hydroxylation is 1. The van der Waals surface area contributed by atoms with Crippen molar-refractivity contribution in [3.05, 3.63) is 75.7 Å². The van der Waals surface area contributed by atoms with Gasteiger partial charge in [-0.25, -0.2) is 0 Å². The van der Waals surface area contributed by atoms with E-state index in [0.717, 1.165) is 31.2 Å². The minimum atomic E-state index is -0.492. The summed E-state index contributed by atoms with van der Waals surface area (Å²) in [7, 11) is 0. The first-order valence-electron chi connectivity index (χ1n) is 10.2. The number of hydrogen-bond acceptors (Lipinski definition) is 5. The Morgan fingerprint density at radius 1 is 1.23 bits per heavy atom. The highest BCUT2D eigenvalue weighted by atomic mass is 16.5. The van der Waals surface area contributed by atoms with Gasteiger partial charge in [-0.1, -0.05) is 37.1 Å². The number of hydrogen-bond donors (Lipinski definition) is 1. The number of ether oxygens (including phenoxy) is 1. The van der Waals surface area contributed by atoms with Crippen LogP contribution in [-0.2, 0) is 4.79 Å². The van der Waals surface area contributed by atoms with E-state index in [0.29, 0.717) is 11.4 Å². The first kappa shape index (κ1) is 20.4. The quantitative estimate of drug-likeness (QED) is 0.506. The van der Waals surface area contributed by atoms with Crippen molar-refractivity contribution in [1.82, 2.24) is 14.7 Å². The third kappa shape index (κ3) is 4.33. The van der Waals surface area contributed by atoms with Crippen molar-refractivity contribution in [3.63, 3.8) is 0 Å². The standard InChI is InChI=1S/C24H22N4O3/c1-16-8-2-5-11-20(16)31-23-19(24(30)28-13-7-6-12-21(28)27-23)14-17(15-25)22(29)26-18-9-3-4-10-18/h2,5-8,11-14,18H,3-4,9-10H2,1H3,(H,26,29)/b17-14+. The number of fused-ring (bicyclic) bond motifs is 1. The summed E-state index contributed by atoms with van der Waals surface area (Å²) in [5.41, 5.74) is 0.742. The summed E-state index contributed by atoms with van der Waals surface area (Å²) in [5.74, 6) is 0.0963. The number of amides is 1. The van der Waals surface area contributed by atoms with E-state index in [-0.39, 0.29) is 23.1 Å². The van der Waals surface area contributed by atoms with Gasteiger partial charge in [0.05, 0.1) is 0 Å². The molecule has 3 aromatic rings. The molecule has 156 valence electrons. The summed E-state index contributed by atoms with van der Waals surface area (Å²) >= 11 is 0. The first-order chi connectivity index (χ1) is 15.1. The molecule has 2 heterocycles. The lowest BCUT2D eigenvalue weighted by Gasteiger charge is -2.13. The molecule has 0 bridgehead atoms. The van der Waals surface area contributed by atoms with Gasteiger partial charge in [0.1, 0.15) is 28.6 Å². The molecule has 31 heavy (non-hydrogen) atoms. The van der Waals surface area contributed by atoms with Gasteiger partial charge in [-0.05, 0) is 49.6 Å². The number of pyridine rings is 1. The lowest BCUT2D eigenvalue weighted by Crippen LogP contribution is -2.33. The Morgan fingerprint density at radius 3 is 2.71 bits per heavy atom. The highest BCUT2D eigenvalue weighted by Gasteiger charge is 2.21. The summed E-state index contributed by atoms with van der Waals surface area (Å²) in [6.45, 7) is 1.88. The van der Waals surface area contributed by atoms with Crippen LogP contribution in [0.3, 0.4) is 0 Å². The Kier molecular flexibility index (Phi) is 5.80. The van der Waals surface area contributed by atoms with Gasteiger partial charge in [0, 0.05) is 12.2 Å². The zero-order chi connectivity index (χ0) is 21.8. The number of para-hydroxylation sites is 1. The van der Waals surface area contributed by atoms with Crippen molar-refractivity contribution in [2.24, 2.45) is 0 Å². The van der Waals surface area contributed by atoms with Crippen molar-refractivity contribution < 1.29 is 9.53 Å². The molecule has 1 aliphatic carbocycles. The fourth-order valence-corrected chi connectivity index (χ4v) is 3.69. The van der Waals surface area contributed by atoms with Crippen LogP contribution < -0.4 is 15.6 Å². The lowest BCUT2D eigenvalue weighted by molar-refractivity contribution is -0.117. The Hall–Kier alpha value is -3.92. The van der Waals surface area contributed by atoms with Crippen molar-refractivity contribution in [2.45, 2.75) is 38.6 Å². The summed E-state index contributed by atoms with van der Waals surface area (Å²) in [6, 6.07) is 14.5. The van der Waals surface area contributed by atoms with Gasteiger partial charge in [0.2, 0.25) is 5.88 Å². The van der Waals surface area contributed by atoms with Gasteiger partial charge in [-0.3, -0.25) is 14.0 Å². The molecular formula is C24H22N4O3. The van der Waals surface area contributed by atoms with Crippen LogP contribution in [0.4, 0.5) is 0 Å². The molecule has 0 radical (unpaired) electrons. The molecule has 1 saturated carbocycles. The van der Waals surface area contributed by atoms with E-state index in [1.807, 2.05) is 31.2 Å². The number of benzene rings is 1. The average Bonchev–Trinajstić information content (AvgIpc) is 3.28. The minimum Gasteiger partial charge on any atom is -0.438 e. The highest BCUT2D eigenvalue weighted by molar-refractivity contribution is 6.02. The first-order valence-corrected chi connectivity index (χ1v) is 10.2. The zero-order valence-electron chi connectivity index (χ0n) is 17.2. The number of rotatable bonds is 5. The predicted octanol–water partition coefficient (Wildman–Crippen LogP) is 3.76. The molecule has 1 aliphatic rings. The van der Waals surface area contributed by atoms with Crippen LogP contribution in [-0.4, -0.2) is 21.3 Å². The predicted molar refractivity (Wildman–Crippen MR) is 117 cm³/mol. The average molecular weight is 414 g/mol. The molecule has 2 aromatic heterocycles. The Balaban J connectivity index is 1.80. The molecule has 1 fully saturated rings. The second-order valence-corrected chi connectivity index (χ2v) is 7.56.